The maximum absolute atomic E-state index is 11.8. The number of hydrogen-bond donors (Lipinski definition) is 3. The molecule has 4 heteroatoms. The number of rotatable bonds is 2. The first-order chi connectivity index (χ1) is 9.66. The smallest absolute Gasteiger partial charge is 0.248 e. The highest BCUT2D eigenvalue weighted by molar-refractivity contribution is 7.80. The summed E-state index contributed by atoms with van der Waals surface area (Å²) >= 11 is 4.67. The Bertz CT molecular complexity index is 826. The van der Waals surface area contributed by atoms with Crippen molar-refractivity contribution in [2.24, 2.45) is 0 Å². The Morgan fingerprint density at radius 2 is 1.70 bits per heavy atom. The van der Waals surface area contributed by atoms with Gasteiger partial charge in [-0.1, -0.05) is 36.4 Å². The zero-order valence-corrected chi connectivity index (χ0v) is 11.6. The van der Waals surface area contributed by atoms with Gasteiger partial charge in [0.25, 0.3) is 0 Å². The fourth-order valence-electron chi connectivity index (χ4n) is 2.39. The minimum Gasteiger partial charge on any atom is -0.398 e. The number of anilines is 1. The molecule has 0 radical (unpaired) electrons. The van der Waals surface area contributed by atoms with Crippen LogP contribution in [0.3, 0.4) is 0 Å². The zero-order valence-electron chi connectivity index (χ0n) is 10.7. The summed E-state index contributed by atoms with van der Waals surface area (Å²) in [5.41, 5.74) is 9.14. The molecule has 0 amide bonds. The second kappa shape index (κ2) is 5.06. The van der Waals surface area contributed by atoms with Gasteiger partial charge in [0.15, 0.2) is 0 Å². The van der Waals surface area contributed by atoms with Crippen LogP contribution >= 0.6 is 12.6 Å². The molecule has 1 aromatic heterocycles. The molecular weight excluding hydrogens is 268 g/mol. The van der Waals surface area contributed by atoms with Crippen molar-refractivity contribution < 1.29 is 0 Å². The van der Waals surface area contributed by atoms with Gasteiger partial charge < -0.3 is 10.7 Å². The van der Waals surface area contributed by atoms with Gasteiger partial charge in [0.2, 0.25) is 5.56 Å². The molecule has 0 aliphatic heterocycles. The van der Waals surface area contributed by atoms with E-state index >= 15 is 0 Å². The number of nitrogens with two attached hydrogens (primary N) is 1. The van der Waals surface area contributed by atoms with Crippen LogP contribution in [0.25, 0.3) is 10.9 Å². The van der Waals surface area contributed by atoms with Crippen LogP contribution in [0.5, 0.6) is 0 Å². The Kier molecular flexibility index (Phi) is 3.24. The summed E-state index contributed by atoms with van der Waals surface area (Å²) < 4.78 is 0. The molecule has 0 aliphatic rings. The van der Waals surface area contributed by atoms with Crippen LogP contribution in [-0.4, -0.2) is 4.98 Å². The van der Waals surface area contributed by atoms with Crippen molar-refractivity contribution in [3.05, 3.63) is 76.1 Å². The van der Waals surface area contributed by atoms with Crippen molar-refractivity contribution in [1.29, 1.82) is 0 Å². The predicted octanol–water partition coefficient (Wildman–Crippen LogP) is 3.13. The Labute approximate surface area is 121 Å². The number of aromatic amines is 1. The molecule has 0 spiro atoms. The molecule has 0 saturated carbocycles. The van der Waals surface area contributed by atoms with E-state index < -0.39 is 0 Å². The van der Waals surface area contributed by atoms with E-state index in [1.165, 1.54) is 0 Å². The second-order valence-corrected chi connectivity index (χ2v) is 5.18. The largest absolute Gasteiger partial charge is 0.398 e. The van der Waals surface area contributed by atoms with Crippen LogP contribution < -0.4 is 11.3 Å². The maximum atomic E-state index is 11.8. The summed E-state index contributed by atoms with van der Waals surface area (Å²) in [6, 6.07) is 16.9. The normalized spacial score (nSPS) is 12.4. The van der Waals surface area contributed by atoms with Crippen LogP contribution in [0.4, 0.5) is 5.69 Å². The summed E-state index contributed by atoms with van der Waals surface area (Å²) in [4.78, 5) is 14.6. The molecule has 2 aromatic carbocycles. The highest BCUT2D eigenvalue weighted by Crippen LogP contribution is 2.34. The molecule has 1 heterocycles. The van der Waals surface area contributed by atoms with Crippen LogP contribution in [0.1, 0.15) is 16.4 Å². The lowest BCUT2D eigenvalue weighted by molar-refractivity contribution is 1.16. The van der Waals surface area contributed by atoms with Gasteiger partial charge in [-0.25, -0.2) is 0 Å². The van der Waals surface area contributed by atoms with Gasteiger partial charge in [-0.05, 0) is 23.3 Å². The lowest BCUT2D eigenvalue weighted by atomic mass is 9.99. The number of thiol groups is 1. The van der Waals surface area contributed by atoms with Crippen molar-refractivity contribution in [3.8, 4) is 0 Å². The van der Waals surface area contributed by atoms with Crippen molar-refractivity contribution in [2.75, 3.05) is 5.73 Å². The molecule has 1 atom stereocenters. The van der Waals surface area contributed by atoms with E-state index in [1.807, 2.05) is 48.5 Å². The van der Waals surface area contributed by atoms with E-state index in [0.717, 1.165) is 22.0 Å². The second-order valence-electron chi connectivity index (χ2n) is 4.67. The van der Waals surface area contributed by atoms with Crippen molar-refractivity contribution in [1.82, 2.24) is 4.98 Å². The summed E-state index contributed by atoms with van der Waals surface area (Å²) in [5.74, 6) is 0. The average Bonchev–Trinajstić information content (AvgIpc) is 2.46. The average molecular weight is 282 g/mol. The van der Waals surface area contributed by atoms with Gasteiger partial charge in [-0.15, -0.1) is 0 Å². The van der Waals surface area contributed by atoms with Gasteiger partial charge in [-0.3, -0.25) is 4.79 Å². The van der Waals surface area contributed by atoms with Gasteiger partial charge in [0, 0.05) is 22.7 Å². The molecule has 100 valence electrons. The first-order valence-corrected chi connectivity index (χ1v) is 6.83. The topological polar surface area (TPSA) is 58.9 Å². The third-order valence-electron chi connectivity index (χ3n) is 3.37. The standard InChI is InChI=1S/C16H14N2OS/c17-13-7-3-1-6-11(13)16(20)12-9-15(19)18-14-8-4-2-5-10(12)14/h1-9,16,20H,17H2,(H,18,19). The molecule has 0 bridgehead atoms. The molecule has 3 rings (SSSR count). The third kappa shape index (κ3) is 2.18. The molecule has 0 aliphatic carbocycles. The molecule has 0 fully saturated rings. The molecule has 3 nitrogen and oxygen atoms in total. The Hall–Kier alpha value is -2.20. The van der Waals surface area contributed by atoms with Gasteiger partial charge >= 0.3 is 0 Å². The van der Waals surface area contributed by atoms with Crippen LogP contribution in [0.15, 0.2) is 59.4 Å². The number of H-pyrrole nitrogens is 1. The van der Waals surface area contributed by atoms with Crippen LogP contribution in [0, 0.1) is 0 Å². The Morgan fingerprint density at radius 3 is 2.50 bits per heavy atom. The summed E-state index contributed by atoms with van der Waals surface area (Å²) in [6.45, 7) is 0. The van der Waals surface area contributed by atoms with E-state index in [1.54, 1.807) is 6.07 Å². The minimum absolute atomic E-state index is 0.132. The number of pyridine rings is 1. The van der Waals surface area contributed by atoms with Crippen molar-refractivity contribution in [2.45, 2.75) is 5.25 Å². The Balaban J connectivity index is 2.24. The number of para-hydroxylation sites is 2. The van der Waals surface area contributed by atoms with Gasteiger partial charge in [-0.2, -0.15) is 12.6 Å². The molecule has 20 heavy (non-hydrogen) atoms. The minimum atomic E-state index is -0.233. The van der Waals surface area contributed by atoms with Crippen molar-refractivity contribution >= 4 is 29.2 Å². The summed E-state index contributed by atoms with van der Waals surface area (Å²) in [5, 5.41) is 0.749. The lowest BCUT2D eigenvalue weighted by Crippen LogP contribution is -2.09. The number of fused-ring (bicyclic) bond motifs is 1. The third-order valence-corrected chi connectivity index (χ3v) is 3.92. The van der Waals surface area contributed by atoms with E-state index in [9.17, 15) is 4.79 Å². The quantitative estimate of drug-likeness (QED) is 0.499. The van der Waals surface area contributed by atoms with Gasteiger partial charge in [0.05, 0.1) is 5.25 Å². The summed E-state index contributed by atoms with van der Waals surface area (Å²) in [6.07, 6.45) is 0. The number of nitrogens with one attached hydrogen (secondary N) is 1. The first-order valence-electron chi connectivity index (χ1n) is 6.31. The molecular formula is C16H14N2OS. The van der Waals surface area contributed by atoms with Crippen LogP contribution in [0.2, 0.25) is 0 Å². The highest BCUT2D eigenvalue weighted by Gasteiger charge is 2.15. The lowest BCUT2D eigenvalue weighted by Gasteiger charge is -2.16. The van der Waals surface area contributed by atoms with E-state index in [0.29, 0.717) is 5.69 Å². The number of benzene rings is 2. The molecule has 0 saturated heterocycles. The number of hydrogen-bond acceptors (Lipinski definition) is 3. The highest BCUT2D eigenvalue weighted by atomic mass is 32.1. The maximum Gasteiger partial charge on any atom is 0.248 e. The monoisotopic (exact) mass is 282 g/mol. The first kappa shape index (κ1) is 12.8. The number of aromatic nitrogens is 1. The van der Waals surface area contributed by atoms with E-state index in [4.69, 9.17) is 5.73 Å². The summed E-state index contributed by atoms with van der Waals surface area (Å²) in [7, 11) is 0. The van der Waals surface area contributed by atoms with Crippen molar-refractivity contribution in [3.63, 3.8) is 0 Å². The predicted molar refractivity (Wildman–Crippen MR) is 86.3 cm³/mol. The fraction of sp³-hybridized carbons (Fsp3) is 0.0625. The van der Waals surface area contributed by atoms with Gasteiger partial charge in [0.1, 0.15) is 0 Å². The molecule has 3 aromatic rings. The fourth-order valence-corrected chi connectivity index (χ4v) is 2.83. The zero-order chi connectivity index (χ0) is 14.1. The SMILES string of the molecule is Nc1ccccc1C(S)c1cc(=O)[nH]c2ccccc12. The van der Waals surface area contributed by atoms with Crippen LogP contribution in [-0.2, 0) is 0 Å². The number of nitrogen functional groups attached to an aromatic ring is 1. The molecule has 1 unspecified atom stereocenters. The molecule has 3 N–H and O–H groups in total. The van der Waals surface area contributed by atoms with E-state index in [-0.39, 0.29) is 10.8 Å². The Morgan fingerprint density at radius 1 is 1.00 bits per heavy atom. The van der Waals surface area contributed by atoms with E-state index in [2.05, 4.69) is 17.6 Å².